The Hall–Kier alpha value is -1.76. The lowest BCUT2D eigenvalue weighted by Crippen LogP contribution is -2.58. The molecule has 6 saturated carbocycles. The van der Waals surface area contributed by atoms with Gasteiger partial charge in [-0.25, -0.2) is 0 Å². The van der Waals surface area contributed by atoms with Gasteiger partial charge < -0.3 is 46.0 Å². The molecule has 0 heterocycles. The van der Waals surface area contributed by atoms with E-state index in [0.717, 1.165) is 50.5 Å². The molecule has 0 aliphatic heterocycles. The van der Waals surface area contributed by atoms with Crippen LogP contribution in [-0.4, -0.2) is 99.9 Å². The van der Waals surface area contributed by atoms with E-state index in [1.165, 1.54) is 5.57 Å². The summed E-state index contributed by atoms with van der Waals surface area (Å²) < 4.78 is 0. The predicted octanol–water partition coefficient (Wildman–Crippen LogP) is 2.45. The molecule has 6 unspecified atom stereocenters. The zero-order valence-corrected chi connectivity index (χ0v) is 31.5. The van der Waals surface area contributed by atoms with Crippen LogP contribution >= 0.6 is 0 Å². The zero-order chi connectivity index (χ0) is 38.1. The van der Waals surface area contributed by atoms with Crippen molar-refractivity contribution in [1.82, 2.24) is 0 Å². The number of hydrogen-bond donors (Lipinski definition) is 9. The molecule has 52 heavy (non-hydrogen) atoms. The Morgan fingerprint density at radius 1 is 0.596 bits per heavy atom. The molecule has 0 spiro atoms. The van der Waals surface area contributed by atoms with Crippen molar-refractivity contribution in [3.05, 3.63) is 23.3 Å². The Labute approximate surface area is 309 Å². The van der Waals surface area contributed by atoms with E-state index >= 15 is 0 Å². The summed E-state index contributed by atoms with van der Waals surface area (Å²) in [7, 11) is 0. The normalized spacial score (nSPS) is 58.8. The first-order chi connectivity index (χ1) is 24.2. The lowest BCUT2D eigenvalue weighted by molar-refractivity contribution is -0.139. The van der Waals surface area contributed by atoms with Gasteiger partial charge in [0.2, 0.25) is 0 Å². The minimum atomic E-state index is -1.80. The molecule has 288 valence electrons. The van der Waals surface area contributed by atoms with Crippen molar-refractivity contribution < 1.29 is 46.0 Å². The van der Waals surface area contributed by atoms with Gasteiger partial charge in [0.25, 0.3) is 0 Å². The first kappa shape index (κ1) is 38.5. The molecular weight excluding hydrogens is 660 g/mol. The van der Waals surface area contributed by atoms with Crippen LogP contribution in [0.5, 0.6) is 0 Å². The standard InChI is InChI=1S/C22H32O4.C21H30O5/c1-5-22(26)12(2)19(25)18-17-15(7-9-21(18,22)4)20(3)8-6-14(23)10-13(20)11-16(17)24;1-4-21(26)18(25)17(24)16-15-13(6-8-20(16,21)3)19(2)7-5-12(22)9-11(19)10-14(15)23/h1,11-12,14-19,23-26H,6-10H2,2-4H3;1,10,12-18,22-26H,5-9H2,2-3H3/t12-,14-,15?,16-,17?,18?,19-,20-,21-,22-;12-,13?,14+,15?,16?,17-,18+,19+,20+,21+/m01/s1. The molecule has 0 aromatic heterocycles. The van der Waals surface area contributed by atoms with Gasteiger partial charge in [0.15, 0.2) is 5.60 Å². The van der Waals surface area contributed by atoms with Gasteiger partial charge in [0.1, 0.15) is 11.7 Å². The van der Waals surface area contributed by atoms with Crippen LogP contribution in [0.3, 0.4) is 0 Å². The first-order valence-corrected chi connectivity index (χ1v) is 19.8. The number of fused-ring (bicyclic) bond motifs is 10. The Morgan fingerprint density at radius 3 is 1.42 bits per heavy atom. The highest BCUT2D eigenvalue weighted by Crippen LogP contribution is 2.69. The van der Waals surface area contributed by atoms with Gasteiger partial charge in [-0.15, -0.1) is 12.8 Å². The van der Waals surface area contributed by atoms with Crippen LogP contribution in [-0.2, 0) is 0 Å². The maximum absolute atomic E-state index is 11.3. The van der Waals surface area contributed by atoms with Crippen molar-refractivity contribution in [3.8, 4) is 24.7 Å². The third-order valence-corrected chi connectivity index (χ3v) is 17.6. The second-order valence-corrected chi connectivity index (χ2v) is 19.4. The van der Waals surface area contributed by atoms with E-state index in [0.29, 0.717) is 19.3 Å². The Morgan fingerprint density at radius 2 is 1.00 bits per heavy atom. The van der Waals surface area contributed by atoms with Crippen molar-refractivity contribution in [1.29, 1.82) is 0 Å². The largest absolute Gasteiger partial charge is 0.393 e. The lowest BCUT2D eigenvalue weighted by Gasteiger charge is -2.59. The van der Waals surface area contributed by atoms with E-state index in [1.54, 1.807) is 0 Å². The highest BCUT2D eigenvalue weighted by molar-refractivity contribution is 5.35. The van der Waals surface area contributed by atoms with Crippen molar-refractivity contribution in [2.24, 2.45) is 63.1 Å². The predicted molar refractivity (Wildman–Crippen MR) is 194 cm³/mol. The summed E-state index contributed by atoms with van der Waals surface area (Å²) in [6, 6.07) is 0. The summed E-state index contributed by atoms with van der Waals surface area (Å²) in [5.74, 6) is 3.83. The third-order valence-electron chi connectivity index (χ3n) is 17.6. The maximum Gasteiger partial charge on any atom is 0.159 e. The van der Waals surface area contributed by atoms with Crippen molar-refractivity contribution in [2.45, 2.75) is 153 Å². The molecule has 8 rings (SSSR count). The van der Waals surface area contributed by atoms with Gasteiger partial charge in [-0.05, 0) is 98.7 Å². The van der Waals surface area contributed by atoms with Crippen LogP contribution in [0.4, 0.5) is 0 Å². The van der Waals surface area contributed by atoms with E-state index in [2.05, 4.69) is 25.7 Å². The molecule has 9 N–H and O–H groups in total. The van der Waals surface area contributed by atoms with Crippen LogP contribution < -0.4 is 0 Å². The van der Waals surface area contributed by atoms with Gasteiger partial charge in [0.05, 0.1) is 36.6 Å². The van der Waals surface area contributed by atoms with E-state index < -0.39 is 64.4 Å². The molecule has 0 bridgehead atoms. The second kappa shape index (κ2) is 12.4. The quantitative estimate of drug-likeness (QED) is 0.134. The molecular formula is C43H62O9. The Bertz CT molecular complexity index is 1480. The van der Waals surface area contributed by atoms with Crippen LogP contribution in [0.25, 0.3) is 0 Å². The minimum Gasteiger partial charge on any atom is -0.393 e. The van der Waals surface area contributed by atoms with E-state index in [1.807, 2.05) is 32.9 Å². The molecule has 20 atom stereocenters. The highest BCUT2D eigenvalue weighted by Gasteiger charge is 2.73. The molecule has 0 amide bonds. The number of aliphatic hydroxyl groups is 9. The zero-order valence-electron chi connectivity index (χ0n) is 31.5. The van der Waals surface area contributed by atoms with Gasteiger partial charge in [-0.3, -0.25) is 0 Å². The molecule has 9 nitrogen and oxygen atoms in total. The van der Waals surface area contributed by atoms with Gasteiger partial charge in [-0.1, -0.05) is 69.8 Å². The fraction of sp³-hybridized carbons (Fsp3) is 0.814. The summed E-state index contributed by atoms with van der Waals surface area (Å²) in [5, 5.41) is 96.9. The average molecular weight is 723 g/mol. The van der Waals surface area contributed by atoms with Crippen molar-refractivity contribution >= 4 is 0 Å². The van der Waals surface area contributed by atoms with Gasteiger partial charge in [0, 0.05) is 28.6 Å². The topological polar surface area (TPSA) is 182 Å². The number of terminal acetylenes is 2. The van der Waals surface area contributed by atoms with E-state index in [-0.39, 0.29) is 52.6 Å². The molecule has 8 aliphatic carbocycles. The van der Waals surface area contributed by atoms with Crippen LogP contribution in [0.15, 0.2) is 23.3 Å². The van der Waals surface area contributed by atoms with Crippen molar-refractivity contribution in [2.75, 3.05) is 0 Å². The van der Waals surface area contributed by atoms with Crippen LogP contribution in [0, 0.1) is 87.8 Å². The fourth-order valence-electron chi connectivity index (χ4n) is 14.3. The smallest absolute Gasteiger partial charge is 0.159 e. The highest BCUT2D eigenvalue weighted by atomic mass is 16.4. The maximum atomic E-state index is 11.3. The van der Waals surface area contributed by atoms with E-state index in [9.17, 15) is 46.0 Å². The Kier molecular flexibility index (Phi) is 9.16. The number of aliphatic hydroxyl groups excluding tert-OH is 7. The minimum absolute atomic E-state index is 0.0513. The average Bonchev–Trinajstić information content (AvgIpc) is 3.36. The monoisotopic (exact) mass is 722 g/mol. The number of rotatable bonds is 0. The molecule has 0 radical (unpaired) electrons. The molecule has 6 fully saturated rings. The van der Waals surface area contributed by atoms with Gasteiger partial charge in [-0.2, -0.15) is 0 Å². The third kappa shape index (κ3) is 4.77. The molecule has 8 aliphatic rings. The summed E-state index contributed by atoms with van der Waals surface area (Å²) in [6.07, 6.45) is 17.1. The fourth-order valence-corrected chi connectivity index (χ4v) is 14.3. The lowest BCUT2D eigenvalue weighted by atomic mass is 9.46. The summed E-state index contributed by atoms with van der Waals surface area (Å²) in [4.78, 5) is 0. The van der Waals surface area contributed by atoms with Crippen molar-refractivity contribution in [3.63, 3.8) is 0 Å². The van der Waals surface area contributed by atoms with Crippen LogP contribution in [0.2, 0.25) is 0 Å². The molecule has 0 aromatic rings. The summed E-state index contributed by atoms with van der Waals surface area (Å²) in [5.41, 5.74) is -2.51. The molecule has 9 heteroatoms. The van der Waals surface area contributed by atoms with E-state index in [4.69, 9.17) is 12.8 Å². The van der Waals surface area contributed by atoms with Gasteiger partial charge >= 0.3 is 0 Å². The molecule has 0 saturated heterocycles. The van der Waals surface area contributed by atoms with Crippen LogP contribution in [0.1, 0.15) is 98.8 Å². The summed E-state index contributed by atoms with van der Waals surface area (Å²) in [6.45, 7) is 10.1. The Balaban J connectivity index is 0.000000162. The second-order valence-electron chi connectivity index (χ2n) is 19.4. The summed E-state index contributed by atoms with van der Waals surface area (Å²) >= 11 is 0. The molecule has 0 aromatic carbocycles. The SMILES string of the molecule is C#C[C@]1(O)[C@@H](C)[C@H](O)C2C3C(CC[C@@]21C)[C@@]1(C)CC[C@H](O)CC1=C[C@@H]3O.C#C[C@]1(O)[C@@H](O)[C@H](O)C2C3C(CC[C@@]21C)[C@@]1(C)CC[C@@H](O)CC1=C[C@@H]3O. The number of hydrogen-bond acceptors (Lipinski definition) is 9. The first-order valence-electron chi connectivity index (χ1n) is 19.8.